The van der Waals surface area contributed by atoms with Crippen LogP contribution in [0, 0.1) is 6.92 Å². The monoisotopic (exact) mass is 569 g/mol. The fourth-order valence-corrected chi connectivity index (χ4v) is 5.30. The van der Waals surface area contributed by atoms with E-state index in [2.05, 4.69) is 5.32 Å². The van der Waals surface area contributed by atoms with Gasteiger partial charge in [0.15, 0.2) is 0 Å². The maximum atomic E-state index is 13.5. The molecule has 0 aliphatic carbocycles. The maximum absolute atomic E-state index is 13.5. The minimum Gasteiger partial charge on any atom is -0.350 e. The van der Waals surface area contributed by atoms with Crippen LogP contribution in [0.25, 0.3) is 0 Å². The smallest absolute Gasteiger partial charge is 0.243 e. The van der Waals surface area contributed by atoms with E-state index in [-0.39, 0.29) is 37.7 Å². The van der Waals surface area contributed by atoms with E-state index in [1.54, 1.807) is 35.2 Å². The molecule has 0 spiro atoms. The minimum absolute atomic E-state index is 0.0680. The maximum Gasteiger partial charge on any atom is 0.243 e. The quantitative estimate of drug-likeness (QED) is 0.383. The number of sulfonamides is 1. The SMILES string of the molecule is CC[C@@H](C(=O)NC(C)(C)C)N(Cc1ccc(Cl)cc1)C(=O)CCCN(c1cc(Cl)ccc1C)S(C)(=O)=O. The number of halogens is 2. The highest BCUT2D eigenvalue weighted by Gasteiger charge is 2.31. The van der Waals surface area contributed by atoms with E-state index in [9.17, 15) is 18.0 Å². The first-order valence-corrected chi connectivity index (χ1v) is 14.8. The van der Waals surface area contributed by atoms with Gasteiger partial charge in [-0.25, -0.2) is 8.42 Å². The van der Waals surface area contributed by atoms with E-state index < -0.39 is 21.6 Å². The largest absolute Gasteiger partial charge is 0.350 e. The lowest BCUT2D eigenvalue weighted by molar-refractivity contribution is -0.142. The van der Waals surface area contributed by atoms with Crippen molar-refractivity contribution in [1.82, 2.24) is 10.2 Å². The first kappa shape index (κ1) is 30.9. The van der Waals surface area contributed by atoms with Crippen molar-refractivity contribution in [3.63, 3.8) is 0 Å². The number of carbonyl (C=O) groups excluding carboxylic acids is 2. The lowest BCUT2D eigenvalue weighted by atomic mass is 10.0. The van der Waals surface area contributed by atoms with Crippen molar-refractivity contribution in [1.29, 1.82) is 0 Å². The van der Waals surface area contributed by atoms with Crippen molar-refractivity contribution in [2.24, 2.45) is 0 Å². The van der Waals surface area contributed by atoms with Gasteiger partial charge in [-0.2, -0.15) is 0 Å². The van der Waals surface area contributed by atoms with Crippen molar-refractivity contribution in [3.8, 4) is 0 Å². The van der Waals surface area contributed by atoms with Crippen LogP contribution >= 0.6 is 23.2 Å². The number of nitrogens with zero attached hydrogens (tertiary/aromatic N) is 2. The number of hydrogen-bond donors (Lipinski definition) is 1. The van der Waals surface area contributed by atoms with Gasteiger partial charge in [-0.15, -0.1) is 0 Å². The molecule has 0 unspecified atom stereocenters. The average molecular weight is 571 g/mol. The molecule has 1 atom stereocenters. The summed E-state index contributed by atoms with van der Waals surface area (Å²) in [5.41, 5.74) is 1.63. The molecule has 204 valence electrons. The molecule has 10 heteroatoms. The molecule has 0 saturated carbocycles. The van der Waals surface area contributed by atoms with Gasteiger partial charge in [0.25, 0.3) is 0 Å². The van der Waals surface area contributed by atoms with Gasteiger partial charge < -0.3 is 10.2 Å². The highest BCUT2D eigenvalue weighted by Crippen LogP contribution is 2.27. The van der Waals surface area contributed by atoms with Crippen molar-refractivity contribution in [3.05, 3.63) is 63.6 Å². The van der Waals surface area contributed by atoms with Gasteiger partial charge in [0.2, 0.25) is 21.8 Å². The molecule has 1 N–H and O–H groups in total. The van der Waals surface area contributed by atoms with E-state index >= 15 is 0 Å². The third-order valence-electron chi connectivity index (χ3n) is 5.74. The number of carbonyl (C=O) groups is 2. The Morgan fingerprint density at radius 2 is 1.62 bits per heavy atom. The van der Waals surface area contributed by atoms with E-state index in [4.69, 9.17) is 23.2 Å². The molecular formula is C27H37Cl2N3O4S. The molecule has 2 amide bonds. The summed E-state index contributed by atoms with van der Waals surface area (Å²) in [6, 6.07) is 11.5. The predicted molar refractivity (Wildman–Crippen MR) is 152 cm³/mol. The molecule has 0 aliphatic rings. The van der Waals surface area contributed by atoms with E-state index in [1.807, 2.05) is 46.8 Å². The molecule has 0 fully saturated rings. The van der Waals surface area contributed by atoms with Gasteiger partial charge in [-0.1, -0.05) is 48.3 Å². The van der Waals surface area contributed by atoms with Gasteiger partial charge >= 0.3 is 0 Å². The minimum atomic E-state index is -3.61. The predicted octanol–water partition coefficient (Wildman–Crippen LogP) is 5.57. The molecule has 0 bridgehead atoms. The van der Waals surface area contributed by atoms with E-state index in [0.717, 1.165) is 17.4 Å². The third-order valence-corrected chi connectivity index (χ3v) is 7.41. The second-order valence-corrected chi connectivity index (χ2v) is 13.0. The lowest BCUT2D eigenvalue weighted by Crippen LogP contribution is -2.53. The van der Waals surface area contributed by atoms with Crippen LogP contribution in [0.1, 0.15) is 58.1 Å². The molecule has 7 nitrogen and oxygen atoms in total. The molecule has 0 saturated heterocycles. The zero-order valence-corrected chi connectivity index (χ0v) is 24.7. The Morgan fingerprint density at radius 1 is 1.03 bits per heavy atom. The summed E-state index contributed by atoms with van der Waals surface area (Å²) in [6.07, 6.45) is 1.90. The summed E-state index contributed by atoms with van der Waals surface area (Å²) in [6.45, 7) is 9.67. The summed E-state index contributed by atoms with van der Waals surface area (Å²) >= 11 is 12.1. The Balaban J connectivity index is 2.27. The molecular weight excluding hydrogens is 533 g/mol. The number of anilines is 1. The van der Waals surface area contributed by atoms with Crippen molar-refractivity contribution < 1.29 is 18.0 Å². The van der Waals surface area contributed by atoms with Crippen molar-refractivity contribution >= 4 is 50.7 Å². The molecule has 2 rings (SSSR count). The van der Waals surface area contributed by atoms with Gasteiger partial charge in [-0.3, -0.25) is 13.9 Å². The normalized spacial score (nSPS) is 12.6. The zero-order chi connectivity index (χ0) is 28.0. The summed E-state index contributed by atoms with van der Waals surface area (Å²) in [5.74, 6) is -0.466. The zero-order valence-electron chi connectivity index (χ0n) is 22.3. The second-order valence-electron chi connectivity index (χ2n) is 10.2. The summed E-state index contributed by atoms with van der Waals surface area (Å²) < 4.78 is 26.4. The highest BCUT2D eigenvalue weighted by molar-refractivity contribution is 7.92. The molecule has 2 aromatic rings. The first-order chi connectivity index (χ1) is 17.1. The highest BCUT2D eigenvalue weighted by atomic mass is 35.5. The van der Waals surface area contributed by atoms with Gasteiger partial charge in [0.1, 0.15) is 6.04 Å². The van der Waals surface area contributed by atoms with Crippen LogP contribution < -0.4 is 9.62 Å². The Bertz CT molecular complexity index is 1200. The van der Waals surface area contributed by atoms with Crippen LogP contribution in [-0.2, 0) is 26.2 Å². The Labute approximate surface area is 231 Å². The number of rotatable bonds is 11. The third kappa shape index (κ3) is 9.51. The van der Waals surface area contributed by atoms with Crippen LogP contribution in [-0.4, -0.2) is 49.5 Å². The Morgan fingerprint density at radius 3 is 2.16 bits per heavy atom. The molecule has 0 aliphatic heterocycles. The van der Waals surface area contributed by atoms with Gasteiger partial charge in [0.05, 0.1) is 11.9 Å². The number of nitrogens with one attached hydrogen (secondary N) is 1. The number of aryl methyl sites for hydroxylation is 1. The second kappa shape index (κ2) is 13.0. The summed E-state index contributed by atoms with van der Waals surface area (Å²) in [7, 11) is -3.61. The van der Waals surface area contributed by atoms with Crippen LogP contribution in [0.2, 0.25) is 10.0 Å². The molecule has 0 radical (unpaired) electrons. The topological polar surface area (TPSA) is 86.8 Å². The number of amides is 2. The van der Waals surface area contributed by atoms with Gasteiger partial charge in [-0.05, 0) is 75.9 Å². The molecule has 0 heterocycles. The Kier molecular flexibility index (Phi) is 10.9. The molecule has 37 heavy (non-hydrogen) atoms. The lowest BCUT2D eigenvalue weighted by Gasteiger charge is -2.33. The first-order valence-electron chi connectivity index (χ1n) is 12.2. The van der Waals surface area contributed by atoms with E-state index in [0.29, 0.717) is 22.2 Å². The Hall–Kier alpha value is -2.29. The average Bonchev–Trinajstić information content (AvgIpc) is 2.77. The summed E-state index contributed by atoms with van der Waals surface area (Å²) in [4.78, 5) is 28.2. The van der Waals surface area contributed by atoms with Crippen molar-refractivity contribution in [2.75, 3.05) is 17.1 Å². The van der Waals surface area contributed by atoms with Crippen LogP contribution in [0.4, 0.5) is 5.69 Å². The van der Waals surface area contributed by atoms with Gasteiger partial charge in [0, 0.05) is 35.1 Å². The number of hydrogen-bond acceptors (Lipinski definition) is 4. The van der Waals surface area contributed by atoms with Crippen LogP contribution in [0.15, 0.2) is 42.5 Å². The molecule has 0 aromatic heterocycles. The summed E-state index contributed by atoms with van der Waals surface area (Å²) in [5, 5.41) is 3.98. The van der Waals surface area contributed by atoms with Crippen LogP contribution in [0.3, 0.4) is 0 Å². The fourth-order valence-electron chi connectivity index (χ4n) is 3.99. The van der Waals surface area contributed by atoms with E-state index in [1.165, 1.54) is 4.31 Å². The van der Waals surface area contributed by atoms with Crippen LogP contribution in [0.5, 0.6) is 0 Å². The standard InChI is InChI=1S/C27H37Cl2N3O4S/c1-7-23(26(34)30-27(3,4)5)31(18-20-11-14-21(28)15-12-20)25(33)9-8-16-32(37(6,35)36)24-17-22(29)13-10-19(24)2/h10-15,17,23H,7-9,16,18H2,1-6H3,(H,30,34)/t23-/m0/s1. The fraction of sp³-hybridized carbons (Fsp3) is 0.481. The van der Waals surface area contributed by atoms with Crippen molar-refractivity contribution in [2.45, 2.75) is 72.0 Å². The number of benzene rings is 2. The molecule has 2 aromatic carbocycles.